The van der Waals surface area contributed by atoms with E-state index in [9.17, 15) is 32.3 Å². The van der Waals surface area contributed by atoms with Gasteiger partial charge in [0.05, 0.1) is 18.6 Å². The van der Waals surface area contributed by atoms with Crippen molar-refractivity contribution in [2.45, 2.75) is 65.0 Å². The minimum Gasteiger partial charge on any atom is -0.345 e. The molecule has 0 aromatic carbocycles. The van der Waals surface area contributed by atoms with Crippen LogP contribution in [0.15, 0.2) is 0 Å². The van der Waals surface area contributed by atoms with Crippen LogP contribution in [0.25, 0.3) is 0 Å². The van der Waals surface area contributed by atoms with Gasteiger partial charge in [0.2, 0.25) is 17.7 Å². The molecule has 8 nitrogen and oxygen atoms in total. The van der Waals surface area contributed by atoms with Crippen LogP contribution in [0.1, 0.15) is 34.6 Å². The van der Waals surface area contributed by atoms with Crippen LogP contribution in [0.5, 0.6) is 0 Å². The predicted molar refractivity (Wildman–Crippen MR) is 87.0 cm³/mol. The van der Waals surface area contributed by atoms with E-state index in [1.165, 1.54) is 34.6 Å². The van der Waals surface area contributed by atoms with E-state index in [2.05, 4.69) is 16.0 Å². The van der Waals surface area contributed by atoms with Crippen molar-refractivity contribution in [1.82, 2.24) is 21.3 Å². The number of halogens is 3. The Labute approximate surface area is 149 Å². The molecule has 0 rings (SSSR count). The molecule has 0 aliphatic heterocycles. The van der Waals surface area contributed by atoms with Crippen LogP contribution in [-0.4, -0.2) is 60.4 Å². The first-order chi connectivity index (χ1) is 11.7. The summed E-state index contributed by atoms with van der Waals surface area (Å²) < 4.78 is 36.3. The molecule has 26 heavy (non-hydrogen) atoms. The van der Waals surface area contributed by atoms with Gasteiger partial charge in [-0.25, -0.2) is 0 Å². The largest absolute Gasteiger partial charge is 0.401 e. The van der Waals surface area contributed by atoms with E-state index in [0.717, 1.165) is 0 Å². The maximum Gasteiger partial charge on any atom is 0.401 e. The molecule has 4 N–H and O–H groups in total. The predicted octanol–water partition coefficient (Wildman–Crippen LogP) is -0.370. The van der Waals surface area contributed by atoms with Crippen LogP contribution in [-0.2, 0) is 19.2 Å². The van der Waals surface area contributed by atoms with Gasteiger partial charge in [0, 0.05) is 0 Å². The van der Waals surface area contributed by atoms with Gasteiger partial charge < -0.3 is 16.0 Å². The first-order valence-electron chi connectivity index (χ1n) is 7.96. The minimum atomic E-state index is -4.46. The first kappa shape index (κ1) is 23.8. The number of hydrogen-bond donors (Lipinski definition) is 4. The van der Waals surface area contributed by atoms with Crippen LogP contribution < -0.4 is 21.3 Å². The molecule has 0 radical (unpaired) electrons. The van der Waals surface area contributed by atoms with Crippen LogP contribution in [0.2, 0.25) is 0 Å². The molecule has 11 heteroatoms. The highest BCUT2D eigenvalue weighted by molar-refractivity contribution is 5.94. The highest BCUT2D eigenvalue weighted by atomic mass is 19.4. The Hall–Kier alpha value is -2.17. The third-order valence-corrected chi connectivity index (χ3v) is 3.47. The fraction of sp³-hybridized carbons (Fsp3) is 0.733. The molecule has 0 aromatic rings. The molecule has 3 amide bonds. The van der Waals surface area contributed by atoms with Gasteiger partial charge in [0.15, 0.2) is 5.78 Å². The Kier molecular flexibility index (Phi) is 9.25. The molecule has 0 aromatic heterocycles. The Morgan fingerprint density at radius 1 is 0.731 bits per heavy atom. The highest BCUT2D eigenvalue weighted by Gasteiger charge is 2.29. The van der Waals surface area contributed by atoms with Crippen molar-refractivity contribution < 1.29 is 32.3 Å². The molecular weight excluding hydrogens is 357 g/mol. The van der Waals surface area contributed by atoms with Gasteiger partial charge in [-0.05, 0) is 34.6 Å². The summed E-state index contributed by atoms with van der Waals surface area (Å²) in [6.07, 6.45) is -4.46. The molecule has 0 aliphatic carbocycles. The third kappa shape index (κ3) is 9.35. The summed E-state index contributed by atoms with van der Waals surface area (Å²) >= 11 is 0. The van der Waals surface area contributed by atoms with Crippen molar-refractivity contribution in [3.63, 3.8) is 0 Å². The second-order valence-corrected chi connectivity index (χ2v) is 6.02. The monoisotopic (exact) mass is 382 g/mol. The summed E-state index contributed by atoms with van der Waals surface area (Å²) in [6.45, 7) is 5.40. The number of carbonyl (C=O) groups is 4. The molecule has 0 spiro atoms. The second kappa shape index (κ2) is 10.1. The summed E-state index contributed by atoms with van der Waals surface area (Å²) in [6, 6.07) is -3.91. The van der Waals surface area contributed by atoms with Gasteiger partial charge >= 0.3 is 6.18 Å². The number of ketones is 1. The summed E-state index contributed by atoms with van der Waals surface area (Å²) in [5, 5.41) is 9.00. The van der Waals surface area contributed by atoms with Crippen LogP contribution in [0, 0.1) is 0 Å². The van der Waals surface area contributed by atoms with E-state index in [1.54, 1.807) is 0 Å². The van der Waals surface area contributed by atoms with E-state index in [0.29, 0.717) is 0 Å². The smallest absolute Gasteiger partial charge is 0.345 e. The van der Waals surface area contributed by atoms with Crippen LogP contribution >= 0.6 is 0 Å². The van der Waals surface area contributed by atoms with Gasteiger partial charge in [-0.2, -0.15) is 13.2 Å². The minimum absolute atomic E-state index is 0.252. The zero-order valence-corrected chi connectivity index (χ0v) is 15.3. The Bertz CT molecular complexity index is 539. The molecule has 4 atom stereocenters. The maximum absolute atomic E-state index is 12.1. The van der Waals surface area contributed by atoms with E-state index in [-0.39, 0.29) is 5.78 Å². The summed E-state index contributed by atoms with van der Waals surface area (Å²) in [5.41, 5.74) is 0. The van der Waals surface area contributed by atoms with Crippen molar-refractivity contribution in [1.29, 1.82) is 0 Å². The van der Waals surface area contributed by atoms with Crippen molar-refractivity contribution in [2.24, 2.45) is 0 Å². The van der Waals surface area contributed by atoms with Gasteiger partial charge in [0.25, 0.3) is 0 Å². The Morgan fingerprint density at radius 2 is 1.08 bits per heavy atom. The van der Waals surface area contributed by atoms with Gasteiger partial charge in [-0.3, -0.25) is 24.5 Å². The molecule has 0 saturated carbocycles. The number of alkyl halides is 3. The third-order valence-electron chi connectivity index (χ3n) is 3.47. The summed E-state index contributed by atoms with van der Waals surface area (Å²) in [4.78, 5) is 46.7. The second-order valence-electron chi connectivity index (χ2n) is 6.02. The van der Waals surface area contributed by atoms with Crippen molar-refractivity contribution in [2.75, 3.05) is 6.54 Å². The molecule has 0 heterocycles. The number of Topliss-reactive ketones (excluding diaryl/α,β-unsaturated/α-hetero) is 1. The standard InChI is InChI=1S/C15H25F3N4O4/c1-7(11(5)23)20-13(25)9(3)22-14(26)10(4)21-12(24)8(2)19-6-15(16,17)18/h7-10,19H,6H2,1-5H3,(H,20,25)(H,21,24)(H,22,26). The average molecular weight is 382 g/mol. The first-order valence-corrected chi connectivity index (χ1v) is 7.96. The van der Waals surface area contributed by atoms with E-state index >= 15 is 0 Å². The average Bonchev–Trinajstić information content (AvgIpc) is 2.50. The lowest BCUT2D eigenvalue weighted by molar-refractivity contribution is -0.135. The Balaban J connectivity index is 4.47. The van der Waals surface area contributed by atoms with Gasteiger partial charge in [-0.1, -0.05) is 0 Å². The molecule has 0 aliphatic rings. The molecule has 150 valence electrons. The lowest BCUT2D eigenvalue weighted by atomic mass is 10.2. The molecule has 0 bridgehead atoms. The summed E-state index contributed by atoms with van der Waals surface area (Å²) in [5.74, 6) is -2.32. The van der Waals surface area contributed by atoms with Crippen molar-refractivity contribution in [3.8, 4) is 0 Å². The molecule has 0 saturated heterocycles. The summed E-state index contributed by atoms with van der Waals surface area (Å²) in [7, 11) is 0. The van der Waals surface area contributed by atoms with Gasteiger partial charge in [0.1, 0.15) is 12.1 Å². The van der Waals surface area contributed by atoms with E-state index in [4.69, 9.17) is 0 Å². The SMILES string of the molecule is CC(=O)C(C)NC(=O)C(C)NC(=O)C(C)NC(=O)C(C)NCC(F)(F)F. The lowest BCUT2D eigenvalue weighted by Crippen LogP contribution is -2.55. The normalized spacial score (nSPS) is 16.0. The van der Waals surface area contributed by atoms with Crippen molar-refractivity contribution >= 4 is 23.5 Å². The Morgan fingerprint density at radius 3 is 1.42 bits per heavy atom. The fourth-order valence-electron chi connectivity index (χ4n) is 1.61. The molecule has 0 fully saturated rings. The number of nitrogens with one attached hydrogen (secondary N) is 4. The van der Waals surface area contributed by atoms with Crippen molar-refractivity contribution in [3.05, 3.63) is 0 Å². The lowest BCUT2D eigenvalue weighted by Gasteiger charge is -2.21. The number of rotatable bonds is 9. The topological polar surface area (TPSA) is 116 Å². The fourth-order valence-corrected chi connectivity index (χ4v) is 1.61. The van der Waals surface area contributed by atoms with Crippen LogP contribution in [0.3, 0.4) is 0 Å². The quantitative estimate of drug-likeness (QED) is 0.434. The van der Waals surface area contributed by atoms with Gasteiger partial charge in [-0.15, -0.1) is 0 Å². The zero-order valence-electron chi connectivity index (χ0n) is 15.3. The van der Waals surface area contributed by atoms with E-state index < -0.39 is 54.6 Å². The number of hydrogen-bond acceptors (Lipinski definition) is 5. The van der Waals surface area contributed by atoms with E-state index in [1.807, 2.05) is 5.32 Å². The number of amides is 3. The number of carbonyl (C=O) groups excluding carboxylic acids is 4. The maximum atomic E-state index is 12.1. The highest BCUT2D eigenvalue weighted by Crippen LogP contribution is 2.12. The zero-order chi connectivity index (χ0) is 20.7. The van der Waals surface area contributed by atoms with Crippen LogP contribution in [0.4, 0.5) is 13.2 Å². The molecular formula is C15H25F3N4O4. The molecule has 4 unspecified atom stereocenters.